The van der Waals surface area contributed by atoms with Crippen molar-refractivity contribution in [3.63, 3.8) is 0 Å². The van der Waals surface area contributed by atoms with Crippen LogP contribution in [0.25, 0.3) is 0 Å². The minimum atomic E-state index is -0.173. The smallest absolute Gasteiger partial charge is 0.234 e. The Morgan fingerprint density at radius 3 is 2.19 bits per heavy atom. The van der Waals surface area contributed by atoms with Crippen LogP contribution in [0, 0.1) is 23.2 Å². The van der Waals surface area contributed by atoms with Crippen LogP contribution >= 0.6 is 0 Å². The standard InChI is InChI=1S/C12H15NO3/c1-12(2)8-9(12)11(16)13(10(8)15)5-7(14)6-3-4-6/h6,8-9H,3-5H2,1-2H3. The summed E-state index contributed by atoms with van der Waals surface area (Å²) in [5.41, 5.74) is -0.173. The highest BCUT2D eigenvalue weighted by Crippen LogP contribution is 2.63. The number of amides is 2. The second kappa shape index (κ2) is 2.73. The quantitative estimate of drug-likeness (QED) is 0.656. The molecule has 2 atom stereocenters. The molecule has 0 aromatic rings. The molecule has 4 nitrogen and oxygen atoms in total. The van der Waals surface area contributed by atoms with Crippen molar-refractivity contribution >= 4 is 17.6 Å². The molecule has 3 aliphatic rings. The molecule has 1 saturated heterocycles. The van der Waals surface area contributed by atoms with Gasteiger partial charge in [-0.3, -0.25) is 19.3 Å². The molecule has 2 saturated carbocycles. The van der Waals surface area contributed by atoms with E-state index in [4.69, 9.17) is 0 Å². The zero-order chi connectivity index (χ0) is 11.7. The number of piperidine rings is 1. The van der Waals surface area contributed by atoms with Gasteiger partial charge in [-0.05, 0) is 18.3 Å². The van der Waals surface area contributed by atoms with Crippen molar-refractivity contribution in [3.8, 4) is 0 Å². The number of hydrogen-bond acceptors (Lipinski definition) is 3. The molecule has 0 aromatic carbocycles. The first-order valence-corrected chi connectivity index (χ1v) is 5.82. The molecule has 3 rings (SSSR count). The normalized spacial score (nSPS) is 35.2. The minimum absolute atomic E-state index is 0.0193. The molecule has 2 unspecified atom stereocenters. The van der Waals surface area contributed by atoms with Gasteiger partial charge >= 0.3 is 0 Å². The third-order valence-corrected chi connectivity index (χ3v) is 4.24. The molecule has 0 bridgehead atoms. The van der Waals surface area contributed by atoms with Crippen LogP contribution in [0.3, 0.4) is 0 Å². The van der Waals surface area contributed by atoms with Crippen molar-refractivity contribution < 1.29 is 14.4 Å². The number of carbonyl (C=O) groups excluding carboxylic acids is 3. The summed E-state index contributed by atoms with van der Waals surface area (Å²) >= 11 is 0. The highest BCUT2D eigenvalue weighted by molar-refractivity contribution is 6.12. The van der Waals surface area contributed by atoms with E-state index in [1.165, 1.54) is 4.90 Å². The van der Waals surface area contributed by atoms with Crippen LogP contribution in [0.2, 0.25) is 0 Å². The summed E-state index contributed by atoms with van der Waals surface area (Å²) in [7, 11) is 0. The summed E-state index contributed by atoms with van der Waals surface area (Å²) in [6.07, 6.45) is 1.85. The van der Waals surface area contributed by atoms with E-state index in [2.05, 4.69) is 0 Å². The maximum absolute atomic E-state index is 11.9. The number of Topliss-reactive ketones (excluding diaryl/α,β-unsaturated/α-hetero) is 1. The number of carbonyl (C=O) groups is 3. The van der Waals surface area contributed by atoms with Gasteiger partial charge in [-0.25, -0.2) is 0 Å². The Morgan fingerprint density at radius 1 is 1.25 bits per heavy atom. The van der Waals surface area contributed by atoms with Gasteiger partial charge in [0.05, 0.1) is 18.4 Å². The lowest BCUT2D eigenvalue weighted by Crippen LogP contribution is -2.40. The summed E-state index contributed by atoms with van der Waals surface area (Å²) in [5.74, 6) is -0.409. The first-order valence-electron chi connectivity index (χ1n) is 5.82. The van der Waals surface area contributed by atoms with Gasteiger partial charge < -0.3 is 0 Å². The third kappa shape index (κ3) is 1.13. The molecule has 0 aromatic heterocycles. The predicted molar refractivity (Wildman–Crippen MR) is 55.2 cm³/mol. The maximum Gasteiger partial charge on any atom is 0.234 e. The molecule has 0 radical (unpaired) electrons. The summed E-state index contributed by atoms with van der Waals surface area (Å²) < 4.78 is 0. The van der Waals surface area contributed by atoms with Gasteiger partial charge in [0.2, 0.25) is 11.8 Å². The molecule has 4 heteroatoms. The average molecular weight is 221 g/mol. The SMILES string of the molecule is CC1(C)C2C(=O)N(CC(=O)C3CC3)C(=O)C21. The van der Waals surface area contributed by atoms with Crippen molar-refractivity contribution in [1.29, 1.82) is 0 Å². The second-order valence-electron chi connectivity index (χ2n) is 5.78. The second-order valence-corrected chi connectivity index (χ2v) is 5.78. The number of hydrogen-bond donors (Lipinski definition) is 0. The Bertz CT molecular complexity index is 384. The first kappa shape index (κ1) is 10.00. The lowest BCUT2D eigenvalue weighted by molar-refractivity contribution is -0.146. The zero-order valence-corrected chi connectivity index (χ0v) is 9.53. The Morgan fingerprint density at radius 2 is 1.75 bits per heavy atom. The van der Waals surface area contributed by atoms with E-state index in [-0.39, 0.29) is 47.3 Å². The van der Waals surface area contributed by atoms with Crippen LogP contribution in [0.1, 0.15) is 26.7 Å². The highest BCUT2D eigenvalue weighted by Gasteiger charge is 2.72. The Kier molecular flexibility index (Phi) is 1.71. The Hall–Kier alpha value is -1.19. The topological polar surface area (TPSA) is 54.5 Å². The first-order chi connectivity index (χ1) is 7.44. The summed E-state index contributed by atoms with van der Waals surface area (Å²) in [6, 6.07) is 0. The van der Waals surface area contributed by atoms with Crippen LogP contribution in [0.4, 0.5) is 0 Å². The molecular formula is C12H15NO3. The fraction of sp³-hybridized carbons (Fsp3) is 0.750. The van der Waals surface area contributed by atoms with Gasteiger partial charge in [-0.2, -0.15) is 0 Å². The van der Waals surface area contributed by atoms with E-state index in [9.17, 15) is 14.4 Å². The van der Waals surface area contributed by atoms with Crippen LogP contribution < -0.4 is 0 Å². The van der Waals surface area contributed by atoms with Crippen molar-refractivity contribution in [1.82, 2.24) is 4.90 Å². The van der Waals surface area contributed by atoms with Crippen LogP contribution in [0.15, 0.2) is 0 Å². The number of ketones is 1. The van der Waals surface area contributed by atoms with Gasteiger partial charge in [-0.1, -0.05) is 13.8 Å². The summed E-state index contributed by atoms with van der Waals surface area (Å²) in [6.45, 7) is 3.90. The van der Waals surface area contributed by atoms with Crippen LogP contribution in [-0.2, 0) is 14.4 Å². The predicted octanol–water partition coefficient (Wildman–Crippen LogP) is 0.607. The largest absolute Gasteiger partial charge is 0.297 e. The fourth-order valence-electron chi connectivity index (χ4n) is 2.85. The van der Waals surface area contributed by atoms with Gasteiger partial charge in [0.1, 0.15) is 0 Å². The van der Waals surface area contributed by atoms with Crippen molar-refractivity contribution in [2.24, 2.45) is 23.2 Å². The van der Waals surface area contributed by atoms with Gasteiger partial charge in [-0.15, -0.1) is 0 Å². The van der Waals surface area contributed by atoms with Gasteiger partial charge in [0.25, 0.3) is 0 Å². The van der Waals surface area contributed by atoms with E-state index in [1.807, 2.05) is 13.8 Å². The minimum Gasteiger partial charge on any atom is -0.297 e. The zero-order valence-electron chi connectivity index (χ0n) is 9.53. The molecular weight excluding hydrogens is 206 g/mol. The molecule has 1 aliphatic heterocycles. The molecule has 86 valence electrons. The number of rotatable bonds is 3. The van der Waals surface area contributed by atoms with Crippen LogP contribution in [-0.4, -0.2) is 29.0 Å². The molecule has 2 amide bonds. The molecule has 1 heterocycles. The molecule has 0 spiro atoms. The Labute approximate surface area is 94.0 Å². The highest BCUT2D eigenvalue weighted by atomic mass is 16.2. The summed E-state index contributed by atoms with van der Waals surface area (Å²) in [4.78, 5) is 36.6. The third-order valence-electron chi connectivity index (χ3n) is 4.24. The monoisotopic (exact) mass is 221 g/mol. The molecule has 2 aliphatic carbocycles. The van der Waals surface area contributed by atoms with Crippen molar-refractivity contribution in [3.05, 3.63) is 0 Å². The molecule has 16 heavy (non-hydrogen) atoms. The number of likely N-dealkylation sites (tertiary alicyclic amines) is 1. The molecule has 0 N–H and O–H groups in total. The number of fused-ring (bicyclic) bond motifs is 1. The van der Waals surface area contributed by atoms with Crippen molar-refractivity contribution in [2.45, 2.75) is 26.7 Å². The summed E-state index contributed by atoms with van der Waals surface area (Å²) in [5, 5.41) is 0. The number of imide groups is 1. The number of nitrogens with zero attached hydrogens (tertiary/aromatic N) is 1. The van der Waals surface area contributed by atoms with E-state index in [0.717, 1.165) is 12.8 Å². The Balaban J connectivity index is 1.72. The van der Waals surface area contributed by atoms with Gasteiger partial charge in [0.15, 0.2) is 5.78 Å². The average Bonchev–Trinajstić information content (AvgIpc) is 3.05. The fourth-order valence-corrected chi connectivity index (χ4v) is 2.85. The van der Waals surface area contributed by atoms with Gasteiger partial charge in [0, 0.05) is 5.92 Å². The van der Waals surface area contributed by atoms with Crippen molar-refractivity contribution in [2.75, 3.05) is 6.54 Å². The molecule has 3 fully saturated rings. The lowest BCUT2D eigenvalue weighted by Gasteiger charge is -2.19. The van der Waals surface area contributed by atoms with Crippen LogP contribution in [0.5, 0.6) is 0 Å². The lowest BCUT2D eigenvalue weighted by atomic mass is 10.1. The maximum atomic E-state index is 11.9. The van der Waals surface area contributed by atoms with E-state index in [0.29, 0.717) is 0 Å². The van der Waals surface area contributed by atoms with E-state index >= 15 is 0 Å². The van der Waals surface area contributed by atoms with E-state index < -0.39 is 0 Å². The van der Waals surface area contributed by atoms with E-state index in [1.54, 1.807) is 0 Å².